The monoisotopic (exact) mass is 1630 g/mol. The maximum atomic E-state index is 5.61. The molecule has 29 rings (SSSR count). The average Bonchev–Trinajstić information content (AvgIpc) is 1.51. The van der Waals surface area contributed by atoms with Crippen LogP contribution in [-0.4, -0.2) is 19.9 Å². The molecule has 6 aliphatic rings. The molecule has 0 aliphatic heterocycles. The highest BCUT2D eigenvalue weighted by Crippen LogP contribution is 2.71. The summed E-state index contributed by atoms with van der Waals surface area (Å²) >= 11 is 5.61. The second-order valence-electron chi connectivity index (χ2n) is 34.6. The van der Waals surface area contributed by atoms with Crippen molar-refractivity contribution in [2.45, 2.75) is 21.7 Å². The molecule has 0 atom stereocenters. The topological polar surface area (TPSA) is 51.6 Å². The van der Waals surface area contributed by atoms with E-state index < -0.39 is 21.7 Å². The van der Waals surface area contributed by atoms with Crippen LogP contribution in [0, 0.1) is 0 Å². The van der Waals surface area contributed by atoms with Gasteiger partial charge in [0.25, 0.3) is 0 Å². The molecule has 6 aliphatic carbocycles. The molecule has 4 aromatic heterocycles. The first-order valence-corrected chi connectivity index (χ1v) is 45.6. The number of rotatable bonds is 5. The van der Waals surface area contributed by atoms with Crippen molar-refractivity contribution < 1.29 is 0 Å². The molecule has 0 unspecified atom stereocenters. The van der Waals surface area contributed by atoms with Crippen molar-refractivity contribution in [2.24, 2.45) is 0 Å². The summed E-state index contributed by atoms with van der Waals surface area (Å²) in [5, 5.41) is 10.5. The van der Waals surface area contributed by atoms with Crippen LogP contribution < -0.4 is 0 Å². The fraction of sp³-hybridized carbons (Fsp3) is 0.0339. The standard InChI is InChI=1S/C118H66N4S3/c1-3-29-73-67(25-1)27-23-36-83(73)112-120-111(121-113(122-112)84-37-24-28-68-26-2-4-30-74(68)84)71-52-55-79-86-64-88-82-57-51-69(61-107(82)124-109(88)66-104(86)117(101(79)59-71)97-46-18-14-42-93(97)115(94-43-15-19-47-98(94)117)89-38-10-5-31-75(89)76-32-6-11-39-90(76)115)70-54-58-105-110(62-70)125-114(119-105)72-53-56-80-85-63-87-81-35-9-22-50-106(81)123-108(87)65-103(85)118(102(80)60-72)99-48-20-16-44-95(99)116(96-45-17-21-49-100(96)118)91-40-12-7-33-77(91)78-34-8-13-41-92(78)116/h1-66H. The second-order valence-corrected chi connectivity index (χ2v) is 37.8. The summed E-state index contributed by atoms with van der Waals surface area (Å²) < 4.78 is 6.27. The van der Waals surface area contributed by atoms with E-state index in [1.807, 2.05) is 22.7 Å². The first-order chi connectivity index (χ1) is 61.9. The molecular formula is C118H66N4S3. The molecule has 4 spiro atoms. The Labute approximate surface area is 731 Å². The fourth-order valence-electron chi connectivity index (χ4n) is 24.3. The number of hydrogen-bond donors (Lipinski definition) is 0. The molecule has 0 N–H and O–H groups in total. The summed E-state index contributed by atoms with van der Waals surface area (Å²) in [4.78, 5) is 22.3. The zero-order valence-electron chi connectivity index (χ0n) is 67.1. The van der Waals surface area contributed by atoms with Crippen LogP contribution in [-0.2, 0) is 21.7 Å². The van der Waals surface area contributed by atoms with Crippen LogP contribution in [0.2, 0.25) is 0 Å². The van der Waals surface area contributed by atoms with Gasteiger partial charge in [0, 0.05) is 62.6 Å². The molecule has 0 radical (unpaired) electrons. The Balaban J connectivity index is 0.595. The van der Waals surface area contributed by atoms with Crippen molar-refractivity contribution in [1.82, 2.24) is 19.9 Å². The van der Waals surface area contributed by atoms with E-state index in [9.17, 15) is 0 Å². The summed E-state index contributed by atoms with van der Waals surface area (Å²) in [6.07, 6.45) is 0. The molecule has 4 heterocycles. The van der Waals surface area contributed by atoms with E-state index in [0.717, 1.165) is 59.0 Å². The number of fused-ring (bicyclic) bond motifs is 41. The van der Waals surface area contributed by atoms with Gasteiger partial charge >= 0.3 is 0 Å². The van der Waals surface area contributed by atoms with Gasteiger partial charge in [0.15, 0.2) is 17.5 Å². The van der Waals surface area contributed by atoms with Crippen molar-refractivity contribution in [3.63, 3.8) is 0 Å². The van der Waals surface area contributed by atoms with Crippen molar-refractivity contribution in [3.05, 3.63) is 489 Å². The van der Waals surface area contributed by atoms with Crippen LogP contribution in [0.5, 0.6) is 0 Å². The second kappa shape index (κ2) is 24.9. The average molecular weight is 1640 g/mol. The Morgan fingerprint density at radius 3 is 0.960 bits per heavy atom. The summed E-state index contributed by atoms with van der Waals surface area (Å²) in [5.74, 6) is 1.88. The van der Waals surface area contributed by atoms with Gasteiger partial charge in [-0.05, 0) is 227 Å². The van der Waals surface area contributed by atoms with E-state index in [1.54, 1.807) is 11.3 Å². The minimum Gasteiger partial charge on any atom is -0.236 e. The number of aromatic nitrogens is 4. The van der Waals surface area contributed by atoms with Crippen molar-refractivity contribution in [3.8, 4) is 100 Å². The number of benzene rings is 19. The molecule has 0 saturated carbocycles. The maximum absolute atomic E-state index is 5.61. The van der Waals surface area contributed by atoms with E-state index in [1.165, 1.54) is 185 Å². The molecule has 0 amide bonds. The predicted molar refractivity (Wildman–Crippen MR) is 517 cm³/mol. The van der Waals surface area contributed by atoms with Gasteiger partial charge in [0.05, 0.1) is 31.9 Å². The lowest BCUT2D eigenvalue weighted by atomic mass is 9.52. The van der Waals surface area contributed by atoms with E-state index in [-0.39, 0.29) is 0 Å². The Hall–Kier alpha value is -15.0. The number of nitrogens with zero attached hydrogens (tertiary/aromatic N) is 4. The lowest BCUT2D eigenvalue weighted by Crippen LogP contribution is -2.43. The van der Waals surface area contributed by atoms with Gasteiger partial charge in [-0.25, -0.2) is 19.9 Å². The lowest BCUT2D eigenvalue weighted by molar-refractivity contribution is 0.633. The molecule has 0 fully saturated rings. The Kier molecular flexibility index (Phi) is 13.7. The van der Waals surface area contributed by atoms with Crippen LogP contribution in [0.3, 0.4) is 0 Å². The molecule has 7 heteroatoms. The SMILES string of the molecule is c1ccc2c(c1)-c1ccccc1C21c2ccccc2C2(c3cc(-c4nc5ccc(-c6ccc7c(c6)sc6cc8c(cc67)-c6ccc(-c7nc(-c9cccc%10ccccc9%10)nc(-c9cccc%10ccccc9%10)n7)cc6C86c7ccccc7C7(c8ccccc8-c8ccccc87)c7ccccc76)cc5s4)ccc3-c3cc4c(cc32)sc2ccccc24)c2ccccc21. The molecule has 0 bridgehead atoms. The third kappa shape index (κ3) is 8.74. The van der Waals surface area contributed by atoms with Crippen molar-refractivity contribution >= 4 is 106 Å². The van der Waals surface area contributed by atoms with Crippen LogP contribution in [0.15, 0.2) is 400 Å². The number of thiophene rings is 2. The molecule has 125 heavy (non-hydrogen) atoms. The van der Waals surface area contributed by atoms with Crippen molar-refractivity contribution in [1.29, 1.82) is 0 Å². The lowest BCUT2D eigenvalue weighted by Gasteiger charge is -2.48. The van der Waals surface area contributed by atoms with E-state index in [4.69, 9.17) is 19.9 Å². The first-order valence-electron chi connectivity index (χ1n) is 43.1. The van der Waals surface area contributed by atoms with Crippen molar-refractivity contribution in [2.75, 3.05) is 0 Å². The summed E-state index contributed by atoms with van der Waals surface area (Å²) in [6, 6.07) is 152. The van der Waals surface area contributed by atoms with E-state index in [0.29, 0.717) is 17.5 Å². The van der Waals surface area contributed by atoms with Gasteiger partial charge in [-0.1, -0.05) is 340 Å². The maximum Gasteiger partial charge on any atom is 0.164 e. The van der Waals surface area contributed by atoms with Gasteiger partial charge in [0.1, 0.15) is 5.01 Å². The molecule has 19 aromatic carbocycles. The predicted octanol–water partition coefficient (Wildman–Crippen LogP) is 29.9. The van der Waals surface area contributed by atoms with Crippen LogP contribution in [0.1, 0.15) is 89.0 Å². The summed E-state index contributed by atoms with van der Waals surface area (Å²) in [6.45, 7) is 0. The van der Waals surface area contributed by atoms with Crippen LogP contribution >= 0.6 is 34.0 Å². The third-order valence-corrected chi connectivity index (χ3v) is 32.4. The molecular weight excluding hydrogens is 1570 g/mol. The highest BCUT2D eigenvalue weighted by molar-refractivity contribution is 7.26. The normalized spacial score (nSPS) is 14.7. The smallest absolute Gasteiger partial charge is 0.164 e. The summed E-state index contributed by atoms with van der Waals surface area (Å²) in [5.41, 5.74) is 35.7. The van der Waals surface area contributed by atoms with Crippen LogP contribution in [0.25, 0.3) is 172 Å². The van der Waals surface area contributed by atoms with Gasteiger partial charge in [-0.3, -0.25) is 0 Å². The molecule has 23 aromatic rings. The largest absolute Gasteiger partial charge is 0.236 e. The highest BCUT2D eigenvalue weighted by Gasteiger charge is 2.62. The summed E-state index contributed by atoms with van der Waals surface area (Å²) in [7, 11) is 0. The Bertz CT molecular complexity index is 8510. The van der Waals surface area contributed by atoms with Gasteiger partial charge in [-0.2, -0.15) is 0 Å². The Morgan fingerprint density at radius 2 is 0.480 bits per heavy atom. The highest BCUT2D eigenvalue weighted by atomic mass is 32.1. The fourth-order valence-corrected chi connectivity index (χ4v) is 27.6. The number of thiazole rings is 1. The zero-order chi connectivity index (χ0) is 81.3. The zero-order valence-corrected chi connectivity index (χ0v) is 69.6. The van der Waals surface area contributed by atoms with Gasteiger partial charge < -0.3 is 0 Å². The molecule has 0 saturated heterocycles. The Morgan fingerprint density at radius 1 is 0.160 bits per heavy atom. The minimum absolute atomic E-state index is 0.544. The quantitative estimate of drug-likeness (QED) is 0.172. The third-order valence-electron chi connectivity index (χ3n) is 29.1. The van der Waals surface area contributed by atoms with E-state index in [2.05, 4.69) is 400 Å². The number of hydrogen-bond acceptors (Lipinski definition) is 7. The first kappa shape index (κ1) is 68.7. The molecule has 4 nitrogen and oxygen atoms in total. The van der Waals surface area contributed by atoms with E-state index >= 15 is 0 Å². The van der Waals surface area contributed by atoms with Crippen LogP contribution in [0.4, 0.5) is 0 Å². The molecule has 576 valence electrons. The van der Waals surface area contributed by atoms with Gasteiger partial charge in [0.2, 0.25) is 0 Å². The minimum atomic E-state index is -0.806. The van der Waals surface area contributed by atoms with Gasteiger partial charge in [-0.15, -0.1) is 34.0 Å².